The number of hydrogen-bond acceptors (Lipinski definition) is 4. The average molecular weight is 352 g/mol. The van der Waals surface area contributed by atoms with E-state index in [0.717, 1.165) is 5.56 Å². The molecule has 21 heavy (non-hydrogen) atoms. The van der Waals surface area contributed by atoms with Gasteiger partial charge in [0.15, 0.2) is 4.74 Å². The lowest BCUT2D eigenvalue weighted by Gasteiger charge is -2.09. The molecule has 2 aromatic rings. The third-order valence-corrected chi connectivity index (χ3v) is 2.99. The molecule has 7 heteroatoms. The van der Waals surface area contributed by atoms with Gasteiger partial charge in [0.25, 0.3) is 5.69 Å². The van der Waals surface area contributed by atoms with Crippen LogP contribution in [0.2, 0.25) is 0 Å². The van der Waals surface area contributed by atoms with Gasteiger partial charge in [-0.25, -0.2) is 4.98 Å². The van der Waals surface area contributed by atoms with Crippen molar-refractivity contribution in [3.63, 3.8) is 0 Å². The van der Waals surface area contributed by atoms with Gasteiger partial charge in [0.2, 0.25) is 0 Å². The summed E-state index contributed by atoms with van der Waals surface area (Å²) in [5.74, 6) is 0.444. The molecule has 0 fully saturated rings. The summed E-state index contributed by atoms with van der Waals surface area (Å²) in [7, 11) is 0. The Morgan fingerprint density at radius 3 is 2.76 bits per heavy atom. The van der Waals surface area contributed by atoms with Crippen molar-refractivity contribution in [1.29, 1.82) is 0 Å². The highest BCUT2D eigenvalue weighted by Gasteiger charge is 2.15. The Balaban J connectivity index is 2.30. The van der Waals surface area contributed by atoms with Crippen molar-refractivity contribution in [3.8, 4) is 0 Å². The molecule has 0 aliphatic carbocycles. The molecule has 0 bridgehead atoms. The number of anilines is 2. The number of nitrogens with one attached hydrogen (secondary N) is 1. The number of aromatic nitrogens is 1. The number of hydrogen-bond donors (Lipinski definition) is 1. The largest absolute Gasteiger partial charge is 0.334 e. The zero-order valence-electron chi connectivity index (χ0n) is 11.0. The van der Waals surface area contributed by atoms with E-state index in [4.69, 9.17) is 0 Å². The summed E-state index contributed by atoms with van der Waals surface area (Å²) in [4.78, 5) is 14.7. The number of benzene rings is 1. The van der Waals surface area contributed by atoms with Gasteiger partial charge in [0.1, 0.15) is 11.5 Å². The van der Waals surface area contributed by atoms with Gasteiger partial charge >= 0.3 is 0 Å². The van der Waals surface area contributed by atoms with Crippen LogP contribution in [-0.4, -0.2) is 9.91 Å². The highest BCUT2D eigenvalue weighted by atomic mass is 79.9. The van der Waals surface area contributed by atoms with Gasteiger partial charge < -0.3 is 5.32 Å². The molecule has 0 saturated carbocycles. The van der Waals surface area contributed by atoms with E-state index in [9.17, 15) is 14.5 Å². The quantitative estimate of drug-likeness (QED) is 0.639. The Morgan fingerprint density at radius 2 is 2.19 bits per heavy atom. The zero-order valence-corrected chi connectivity index (χ0v) is 12.6. The molecule has 1 aromatic carbocycles. The molecule has 108 valence electrons. The summed E-state index contributed by atoms with van der Waals surface area (Å²) in [6, 6.07) is 8.09. The van der Waals surface area contributed by atoms with Gasteiger partial charge in [0.05, 0.1) is 4.92 Å². The number of nitro groups is 1. The molecule has 0 saturated heterocycles. The second kappa shape index (κ2) is 6.45. The Labute approximate surface area is 128 Å². The molecule has 0 aliphatic rings. The van der Waals surface area contributed by atoms with E-state index in [1.54, 1.807) is 31.2 Å². The molecular weight excluding hydrogens is 341 g/mol. The molecule has 1 aromatic heterocycles. The predicted molar refractivity (Wildman–Crippen MR) is 83.4 cm³/mol. The minimum atomic E-state index is -0.500. The summed E-state index contributed by atoms with van der Waals surface area (Å²) in [6.07, 6.45) is 2.74. The number of halogens is 2. The maximum Gasteiger partial charge on any atom is 0.292 e. The van der Waals surface area contributed by atoms with E-state index in [0.29, 0.717) is 17.1 Å². The summed E-state index contributed by atoms with van der Waals surface area (Å²) >= 11 is 2.69. The fourth-order valence-electron chi connectivity index (χ4n) is 1.79. The average Bonchev–Trinajstić information content (AvgIpc) is 2.42. The zero-order chi connectivity index (χ0) is 15.4. The highest BCUT2D eigenvalue weighted by Crippen LogP contribution is 2.30. The number of para-hydroxylation sites is 1. The van der Waals surface area contributed by atoms with E-state index in [1.807, 2.05) is 0 Å². The first-order chi connectivity index (χ1) is 9.97. The maximum absolute atomic E-state index is 12.7. The van der Waals surface area contributed by atoms with Crippen molar-refractivity contribution in [2.24, 2.45) is 0 Å². The van der Waals surface area contributed by atoms with E-state index < -0.39 is 9.66 Å². The second-order valence-electron chi connectivity index (χ2n) is 4.26. The standard InChI is InChI=1S/C14H11BrFN3O2/c1-9-3-2-4-11(19(20)21)14(9)18-13-6-5-10(8-17-13)7-12(15)16/h2-8H,1H3,(H,17,18)/b12-7-. The van der Waals surface area contributed by atoms with Crippen LogP contribution in [0.1, 0.15) is 11.1 Å². The van der Waals surface area contributed by atoms with Gasteiger partial charge in [-0.05, 0) is 52.2 Å². The lowest BCUT2D eigenvalue weighted by Crippen LogP contribution is -2.00. The van der Waals surface area contributed by atoms with Crippen molar-refractivity contribution in [2.45, 2.75) is 6.92 Å². The third kappa shape index (κ3) is 3.85. The minimum absolute atomic E-state index is 0.0210. The predicted octanol–water partition coefficient (Wildman–Crippen LogP) is 4.70. The van der Waals surface area contributed by atoms with Gasteiger partial charge in [-0.2, -0.15) is 4.39 Å². The molecule has 1 heterocycles. The first-order valence-electron chi connectivity index (χ1n) is 5.97. The van der Waals surface area contributed by atoms with Crippen LogP contribution in [-0.2, 0) is 0 Å². The maximum atomic E-state index is 12.7. The summed E-state index contributed by atoms with van der Waals surface area (Å²) in [5.41, 5.74) is 1.69. The molecule has 5 nitrogen and oxygen atoms in total. The monoisotopic (exact) mass is 351 g/mol. The van der Waals surface area contributed by atoms with Gasteiger partial charge in [-0.15, -0.1) is 0 Å². The van der Waals surface area contributed by atoms with Crippen molar-refractivity contribution in [3.05, 3.63) is 62.5 Å². The molecular formula is C14H11BrFN3O2. The van der Waals surface area contributed by atoms with E-state index >= 15 is 0 Å². The normalized spacial score (nSPS) is 11.3. The molecule has 0 spiro atoms. The van der Waals surface area contributed by atoms with Crippen LogP contribution in [0.15, 0.2) is 41.3 Å². The lowest BCUT2D eigenvalue weighted by atomic mass is 10.1. The number of pyridine rings is 1. The number of nitro benzene ring substituents is 1. The van der Waals surface area contributed by atoms with Crippen molar-refractivity contribution in [2.75, 3.05) is 5.32 Å². The van der Waals surface area contributed by atoms with Crippen LogP contribution in [0.25, 0.3) is 6.08 Å². The van der Waals surface area contributed by atoms with Crippen molar-refractivity contribution >= 4 is 39.2 Å². The number of rotatable bonds is 4. The minimum Gasteiger partial charge on any atom is -0.334 e. The first-order valence-corrected chi connectivity index (χ1v) is 6.76. The van der Waals surface area contributed by atoms with Crippen LogP contribution in [0.5, 0.6) is 0 Å². The smallest absolute Gasteiger partial charge is 0.292 e. The second-order valence-corrected chi connectivity index (χ2v) is 5.02. The molecule has 2 rings (SSSR count). The Morgan fingerprint density at radius 1 is 1.43 bits per heavy atom. The Kier molecular flexibility index (Phi) is 4.64. The summed E-state index contributed by atoms with van der Waals surface area (Å²) < 4.78 is 12.2. The van der Waals surface area contributed by atoms with Gasteiger partial charge in [0, 0.05) is 12.3 Å². The SMILES string of the molecule is Cc1cccc([N+](=O)[O-])c1Nc1ccc(/C=C(\F)Br)cn1. The van der Waals surface area contributed by atoms with Gasteiger partial charge in [-0.3, -0.25) is 10.1 Å². The van der Waals surface area contributed by atoms with Crippen molar-refractivity contribution < 1.29 is 9.31 Å². The fraction of sp³-hybridized carbons (Fsp3) is 0.0714. The Hall–Kier alpha value is -2.28. The van der Waals surface area contributed by atoms with E-state index in [-0.39, 0.29) is 5.69 Å². The first kappa shape index (κ1) is 15.1. The topological polar surface area (TPSA) is 68.1 Å². The Bertz CT molecular complexity index is 698. The molecule has 1 N–H and O–H groups in total. The highest BCUT2D eigenvalue weighted by molar-refractivity contribution is 9.11. The molecule has 0 atom stereocenters. The van der Waals surface area contributed by atoms with E-state index in [2.05, 4.69) is 26.2 Å². The van der Waals surface area contributed by atoms with E-state index in [1.165, 1.54) is 18.3 Å². The molecule has 0 unspecified atom stereocenters. The number of aryl methyl sites for hydroxylation is 1. The summed E-state index contributed by atoms with van der Waals surface area (Å²) in [5, 5.41) is 14.0. The van der Waals surface area contributed by atoms with Crippen molar-refractivity contribution in [1.82, 2.24) is 4.98 Å². The third-order valence-electron chi connectivity index (χ3n) is 2.76. The van der Waals surface area contributed by atoms with Crippen LogP contribution in [0.3, 0.4) is 0 Å². The fourth-order valence-corrected chi connectivity index (χ4v) is 2.05. The molecule has 0 aliphatic heterocycles. The van der Waals surface area contributed by atoms with Crippen LogP contribution in [0, 0.1) is 17.0 Å². The molecule has 0 radical (unpaired) electrons. The van der Waals surface area contributed by atoms with Gasteiger partial charge in [-0.1, -0.05) is 12.1 Å². The van der Waals surface area contributed by atoms with Crippen LogP contribution >= 0.6 is 15.9 Å². The molecule has 0 amide bonds. The summed E-state index contributed by atoms with van der Waals surface area (Å²) in [6.45, 7) is 1.77. The number of nitrogens with zero attached hydrogens (tertiary/aromatic N) is 2. The van der Waals surface area contributed by atoms with Crippen LogP contribution in [0.4, 0.5) is 21.6 Å². The lowest BCUT2D eigenvalue weighted by molar-refractivity contribution is -0.384. The van der Waals surface area contributed by atoms with Crippen LogP contribution < -0.4 is 5.32 Å².